The zero-order chi connectivity index (χ0) is 28.0. The minimum atomic E-state index is -3.33. The number of alkyl halides is 2. The average molecular weight is 579 g/mol. The zero-order valence-electron chi connectivity index (χ0n) is 20.8. The predicted octanol–water partition coefficient (Wildman–Crippen LogP) is 5.85. The fourth-order valence-electron chi connectivity index (χ4n) is 4.99. The van der Waals surface area contributed by atoms with E-state index < -0.39 is 40.4 Å². The Balaban J connectivity index is 1.51. The highest BCUT2D eigenvalue weighted by Gasteiger charge is 2.88. The van der Waals surface area contributed by atoms with Crippen molar-refractivity contribution in [1.82, 2.24) is 15.3 Å². The number of fused-ring (bicyclic) bond motifs is 1. The monoisotopic (exact) mass is 578 g/mol. The highest BCUT2D eigenvalue weighted by atomic mass is 35.5. The number of halogens is 5. The standard InChI is InChI=1S/C27H23ClF4N4O2S/c1-25(18-9-16(5-8-19(18)29)10-20(30)21-12-34-22(28)13-33-21)23-26(14-37,27(23,31)32)39-24(36-25)35-11-15-3-6-17(38-2)7-4-15/h3-10,12-13,23,37H,11,14H2,1-2H3,(H,35,36)/b20-10-/t23-,25+,26+/m0/s1. The van der Waals surface area contributed by atoms with Gasteiger partial charge in [-0.25, -0.2) is 27.5 Å². The number of aromatic nitrogens is 2. The highest BCUT2D eigenvalue weighted by Crippen LogP contribution is 2.73. The Kier molecular flexibility index (Phi) is 7.11. The second-order valence-electron chi connectivity index (χ2n) is 9.46. The summed E-state index contributed by atoms with van der Waals surface area (Å²) < 4.78 is 64.1. The molecule has 1 saturated heterocycles. The molecule has 1 saturated carbocycles. The lowest BCUT2D eigenvalue weighted by Gasteiger charge is -2.38. The van der Waals surface area contributed by atoms with E-state index in [0.717, 1.165) is 35.7 Å². The van der Waals surface area contributed by atoms with Gasteiger partial charge in [-0.1, -0.05) is 41.6 Å². The molecule has 204 valence electrons. The molecule has 0 radical (unpaired) electrons. The summed E-state index contributed by atoms with van der Waals surface area (Å²) in [6.45, 7) is 0.767. The molecule has 2 N–H and O–H groups in total. The predicted molar refractivity (Wildman–Crippen MR) is 143 cm³/mol. The smallest absolute Gasteiger partial charge is 0.272 e. The number of benzene rings is 2. The molecule has 1 aromatic heterocycles. The molecular weight excluding hydrogens is 556 g/mol. The van der Waals surface area contributed by atoms with Gasteiger partial charge in [-0.05, 0) is 48.4 Å². The largest absolute Gasteiger partial charge is 0.497 e. The van der Waals surface area contributed by atoms with Gasteiger partial charge in [0, 0.05) is 5.56 Å². The summed E-state index contributed by atoms with van der Waals surface area (Å²) in [6.07, 6.45) is 3.43. The zero-order valence-corrected chi connectivity index (χ0v) is 22.3. The van der Waals surface area contributed by atoms with Crippen molar-refractivity contribution < 1.29 is 27.4 Å². The lowest BCUT2D eigenvalue weighted by molar-refractivity contribution is 0.0660. The molecule has 12 heteroatoms. The van der Waals surface area contributed by atoms with Crippen molar-refractivity contribution in [1.29, 1.82) is 0 Å². The molecule has 2 aromatic carbocycles. The number of nitrogens with zero attached hydrogens (tertiary/aromatic N) is 3. The second-order valence-corrected chi connectivity index (χ2v) is 11.2. The summed E-state index contributed by atoms with van der Waals surface area (Å²) in [7, 11) is 1.54. The molecular formula is C27H23ClF4N4O2S. The molecule has 1 aliphatic carbocycles. The topological polar surface area (TPSA) is 79.6 Å². The minimum Gasteiger partial charge on any atom is -0.497 e. The first-order valence-corrected chi connectivity index (χ1v) is 13.0. The molecule has 3 aromatic rings. The molecule has 0 amide bonds. The first kappa shape index (κ1) is 27.4. The lowest BCUT2D eigenvalue weighted by Crippen LogP contribution is -2.51. The van der Waals surface area contributed by atoms with E-state index in [1.807, 2.05) is 0 Å². The average Bonchev–Trinajstić information content (AvgIpc) is 3.45. The van der Waals surface area contributed by atoms with Gasteiger partial charge in [0.15, 0.2) is 11.0 Å². The van der Waals surface area contributed by atoms with Gasteiger partial charge >= 0.3 is 0 Å². The molecule has 2 heterocycles. The van der Waals surface area contributed by atoms with Crippen LogP contribution in [0.2, 0.25) is 5.15 Å². The van der Waals surface area contributed by atoms with E-state index in [9.17, 15) is 9.50 Å². The maximum atomic E-state index is 15.3. The van der Waals surface area contributed by atoms with Crippen LogP contribution in [0.1, 0.15) is 29.3 Å². The van der Waals surface area contributed by atoms with Gasteiger partial charge in [0.05, 0.1) is 44.1 Å². The van der Waals surface area contributed by atoms with Crippen LogP contribution < -0.4 is 10.1 Å². The van der Waals surface area contributed by atoms with Crippen LogP contribution in [-0.2, 0) is 12.1 Å². The van der Waals surface area contributed by atoms with Crippen LogP contribution in [0.3, 0.4) is 0 Å². The lowest BCUT2D eigenvalue weighted by atomic mass is 9.84. The third-order valence-electron chi connectivity index (χ3n) is 7.04. The molecule has 2 fully saturated rings. The molecule has 39 heavy (non-hydrogen) atoms. The summed E-state index contributed by atoms with van der Waals surface area (Å²) >= 11 is 6.45. The molecule has 0 spiro atoms. The molecule has 6 nitrogen and oxygen atoms in total. The first-order chi connectivity index (χ1) is 18.5. The van der Waals surface area contributed by atoms with Crippen LogP contribution in [0, 0.1) is 11.7 Å². The Morgan fingerprint density at radius 3 is 2.59 bits per heavy atom. The van der Waals surface area contributed by atoms with Crippen molar-refractivity contribution in [2.75, 3.05) is 13.7 Å². The molecule has 3 atom stereocenters. The van der Waals surface area contributed by atoms with Gasteiger partial charge in [0.25, 0.3) is 5.92 Å². The van der Waals surface area contributed by atoms with E-state index in [-0.39, 0.29) is 33.7 Å². The van der Waals surface area contributed by atoms with Gasteiger partial charge < -0.3 is 15.2 Å². The number of nitrogens with one attached hydrogen (secondary N) is 1. The van der Waals surface area contributed by atoms with E-state index in [1.54, 1.807) is 31.4 Å². The van der Waals surface area contributed by atoms with Crippen molar-refractivity contribution in [3.05, 3.63) is 88.2 Å². The Hall–Kier alpha value is -3.15. The van der Waals surface area contributed by atoms with Crippen molar-refractivity contribution in [3.8, 4) is 5.75 Å². The van der Waals surface area contributed by atoms with Crippen molar-refractivity contribution in [2.24, 2.45) is 10.9 Å². The van der Waals surface area contributed by atoms with Crippen molar-refractivity contribution in [3.63, 3.8) is 0 Å². The normalized spacial score (nSPS) is 26.6. The number of hydrogen-bond donors (Lipinski definition) is 2. The van der Waals surface area contributed by atoms with Crippen molar-refractivity contribution in [2.45, 2.75) is 29.7 Å². The van der Waals surface area contributed by atoms with Crippen LogP contribution in [0.15, 0.2) is 59.9 Å². The third kappa shape index (κ3) is 4.76. The van der Waals surface area contributed by atoms with Gasteiger partial charge in [-0.2, -0.15) is 0 Å². The van der Waals surface area contributed by atoms with Gasteiger partial charge in [0.2, 0.25) is 0 Å². The first-order valence-electron chi connectivity index (χ1n) is 11.8. The van der Waals surface area contributed by atoms with Gasteiger partial charge in [-0.15, -0.1) is 0 Å². The molecule has 0 unspecified atom stereocenters. The summed E-state index contributed by atoms with van der Waals surface area (Å²) in [4.78, 5) is 12.1. The van der Waals surface area contributed by atoms with E-state index >= 15 is 13.2 Å². The number of hydrogen-bond acceptors (Lipinski definition) is 6. The molecule has 5 rings (SSSR count). The Morgan fingerprint density at radius 2 is 1.95 bits per heavy atom. The number of aliphatic hydroxyl groups excluding tert-OH is 1. The van der Waals surface area contributed by atoms with E-state index in [2.05, 4.69) is 20.3 Å². The number of aliphatic hydroxyl groups is 1. The summed E-state index contributed by atoms with van der Waals surface area (Å²) in [5.41, 5.74) is -0.847. The number of thioether (sulfide) groups is 1. The molecule has 2 aliphatic rings. The minimum absolute atomic E-state index is 0.0898. The molecule has 1 aliphatic heterocycles. The quantitative estimate of drug-likeness (QED) is 0.343. The fourth-order valence-corrected chi connectivity index (χ4v) is 6.58. The fraction of sp³-hybridized carbons (Fsp3) is 0.296. The number of ether oxygens (including phenoxy) is 1. The van der Waals surface area contributed by atoms with E-state index in [1.165, 1.54) is 25.3 Å². The van der Waals surface area contributed by atoms with Crippen LogP contribution >= 0.6 is 23.4 Å². The summed E-state index contributed by atoms with van der Waals surface area (Å²) in [5.74, 6) is -5.64. The van der Waals surface area contributed by atoms with Crippen LogP contribution in [0.25, 0.3) is 11.9 Å². The van der Waals surface area contributed by atoms with Crippen LogP contribution in [-0.4, -0.2) is 44.6 Å². The Labute approximate surface area is 231 Å². The number of aliphatic imine (C=N–C) groups is 1. The maximum Gasteiger partial charge on any atom is 0.272 e. The Morgan fingerprint density at radius 1 is 1.21 bits per heavy atom. The number of rotatable bonds is 7. The van der Waals surface area contributed by atoms with Gasteiger partial charge in [-0.3, -0.25) is 4.99 Å². The Bertz CT molecular complexity index is 1460. The SMILES string of the molecule is COc1ccc(CN=C2N[C@](C)(c3cc(/C=C(\F)c4cnc(Cl)cn4)ccc3F)[C@@H]3C(F)(F)[C@]3(CO)S2)cc1. The summed E-state index contributed by atoms with van der Waals surface area (Å²) in [5, 5.41) is 13.3. The van der Waals surface area contributed by atoms with Crippen LogP contribution in [0.5, 0.6) is 5.75 Å². The summed E-state index contributed by atoms with van der Waals surface area (Å²) in [6, 6.07) is 10.8. The van der Waals surface area contributed by atoms with Crippen molar-refractivity contribution >= 4 is 40.4 Å². The maximum absolute atomic E-state index is 15.3. The number of methoxy groups -OCH3 is 1. The van der Waals surface area contributed by atoms with E-state index in [4.69, 9.17) is 16.3 Å². The van der Waals surface area contributed by atoms with E-state index in [0.29, 0.717) is 5.75 Å². The highest BCUT2D eigenvalue weighted by molar-refractivity contribution is 8.15. The third-order valence-corrected chi connectivity index (χ3v) is 8.66. The molecule has 0 bridgehead atoms. The van der Waals surface area contributed by atoms with Gasteiger partial charge in [0.1, 0.15) is 27.2 Å². The number of amidine groups is 1. The second kappa shape index (κ2) is 10.1. The van der Waals surface area contributed by atoms with Crippen LogP contribution in [0.4, 0.5) is 17.6 Å².